The fourth-order valence-electron chi connectivity index (χ4n) is 7.72. The second-order valence-corrected chi connectivity index (χ2v) is 7.03. The summed E-state index contributed by atoms with van der Waals surface area (Å²) in [6, 6.07) is 0. The van der Waals surface area contributed by atoms with Gasteiger partial charge in [-0.15, -0.1) is 0 Å². The van der Waals surface area contributed by atoms with Gasteiger partial charge >= 0.3 is 5.97 Å². The van der Waals surface area contributed by atoms with Crippen LogP contribution in [0.4, 0.5) is 0 Å². The first kappa shape index (κ1) is 7.70. The van der Waals surface area contributed by atoms with Crippen molar-refractivity contribution in [2.75, 3.05) is 0 Å². The maximum atomic E-state index is 11.1. The molecule has 2 saturated heterocycles. The van der Waals surface area contributed by atoms with E-state index < -0.39 is 5.97 Å². The molecule has 1 N–H and O–H groups in total. The van der Waals surface area contributed by atoms with Crippen LogP contribution in [0.3, 0.4) is 0 Å². The quantitative estimate of drug-likeness (QED) is 0.751. The fraction of sp³-hybridized carbons (Fsp3) is 0.923. The van der Waals surface area contributed by atoms with Crippen LogP contribution in [0.1, 0.15) is 12.8 Å². The van der Waals surface area contributed by atoms with E-state index in [1.165, 1.54) is 6.42 Å². The highest BCUT2D eigenvalue weighted by Gasteiger charge is 2.92. The van der Waals surface area contributed by atoms with E-state index in [2.05, 4.69) is 0 Å². The number of hydrogen-bond acceptors (Lipinski definition) is 2. The first-order valence-corrected chi connectivity index (χ1v) is 6.64. The molecule has 7 rings (SSSR count). The Balaban J connectivity index is 1.62. The summed E-state index contributed by atoms with van der Waals surface area (Å²) in [5, 5.41) is 9.17. The Labute approximate surface area is 93.2 Å². The van der Waals surface area contributed by atoms with Gasteiger partial charge in [0.05, 0.1) is 18.1 Å². The van der Waals surface area contributed by atoms with Crippen LogP contribution in [0, 0.1) is 47.3 Å². The van der Waals surface area contributed by atoms with Gasteiger partial charge in [0, 0.05) is 0 Å². The van der Waals surface area contributed by atoms with Crippen molar-refractivity contribution in [1.29, 1.82) is 0 Å². The molecular formula is C13H14O3. The predicted octanol–water partition coefficient (Wildman–Crippen LogP) is 0.986. The Bertz CT molecular complexity index is 450. The van der Waals surface area contributed by atoms with Gasteiger partial charge in [0.25, 0.3) is 0 Å². The molecule has 0 aromatic carbocycles. The van der Waals surface area contributed by atoms with Gasteiger partial charge in [-0.1, -0.05) is 0 Å². The maximum absolute atomic E-state index is 11.1. The molecule has 7 aliphatic rings. The summed E-state index contributed by atoms with van der Waals surface area (Å²) in [6.07, 6.45) is 2.19. The lowest BCUT2D eigenvalue weighted by atomic mass is 9.57. The number of rotatable bonds is 2. The summed E-state index contributed by atoms with van der Waals surface area (Å²) in [5.41, 5.74) is -0.192. The molecule has 0 aromatic rings. The SMILES string of the molecule is O=C(O)C[C@@]12O[C@@H]3[C@@H]4[C@@H]5[C@@H]6C[C@@H]([C@H]5[C@@H]41)[C@@H]2[C@@H]63. The van der Waals surface area contributed by atoms with E-state index in [1.54, 1.807) is 0 Å². The minimum Gasteiger partial charge on any atom is -0.481 e. The average molecular weight is 218 g/mol. The highest BCUT2D eigenvalue weighted by Crippen LogP contribution is 2.90. The van der Waals surface area contributed by atoms with Crippen LogP contribution in [-0.4, -0.2) is 22.8 Å². The molecule has 2 aliphatic heterocycles. The van der Waals surface area contributed by atoms with Gasteiger partial charge in [-0.3, -0.25) is 4.79 Å². The molecule has 5 saturated carbocycles. The third-order valence-corrected chi connectivity index (χ3v) is 7.29. The van der Waals surface area contributed by atoms with Crippen molar-refractivity contribution < 1.29 is 14.6 Å². The monoisotopic (exact) mass is 218 g/mol. The van der Waals surface area contributed by atoms with Gasteiger partial charge < -0.3 is 9.84 Å². The lowest BCUT2D eigenvalue weighted by Crippen LogP contribution is -2.49. The molecule has 0 spiro atoms. The Hall–Kier alpha value is -0.570. The van der Waals surface area contributed by atoms with Crippen molar-refractivity contribution >= 4 is 5.97 Å². The van der Waals surface area contributed by atoms with Crippen molar-refractivity contribution in [2.45, 2.75) is 24.5 Å². The first-order chi connectivity index (χ1) is 7.74. The lowest BCUT2D eigenvalue weighted by molar-refractivity contribution is -0.145. The summed E-state index contributed by atoms with van der Waals surface area (Å²) >= 11 is 0. The zero-order chi connectivity index (χ0) is 10.4. The molecule has 2 heterocycles. The molecular weight excluding hydrogens is 204 g/mol. The summed E-state index contributed by atoms with van der Waals surface area (Å²) in [4.78, 5) is 11.1. The zero-order valence-corrected chi connectivity index (χ0v) is 8.87. The minimum absolute atomic E-state index is 0.192. The normalized spacial score (nSPS) is 77.9. The van der Waals surface area contributed by atoms with Crippen LogP contribution in [-0.2, 0) is 9.53 Å². The molecule has 0 unspecified atom stereocenters. The molecule has 3 heteroatoms. The summed E-state index contributed by atoms with van der Waals surface area (Å²) in [5.74, 6) is 5.83. The number of carbonyl (C=O) groups is 1. The molecule has 0 amide bonds. The zero-order valence-electron chi connectivity index (χ0n) is 8.87. The van der Waals surface area contributed by atoms with Gasteiger partial charge in [-0.05, 0) is 53.8 Å². The van der Waals surface area contributed by atoms with Crippen LogP contribution in [0.25, 0.3) is 0 Å². The van der Waals surface area contributed by atoms with Crippen LogP contribution in [0.5, 0.6) is 0 Å². The van der Waals surface area contributed by atoms with Gasteiger partial charge in [-0.25, -0.2) is 0 Å². The van der Waals surface area contributed by atoms with Crippen molar-refractivity contribution in [3.8, 4) is 0 Å². The summed E-state index contributed by atoms with van der Waals surface area (Å²) in [6.45, 7) is 0. The van der Waals surface area contributed by atoms with Gasteiger partial charge in [-0.2, -0.15) is 0 Å². The number of aliphatic carboxylic acids is 1. The van der Waals surface area contributed by atoms with Gasteiger partial charge in [0.1, 0.15) is 0 Å². The first-order valence-electron chi connectivity index (χ1n) is 6.64. The van der Waals surface area contributed by atoms with Crippen molar-refractivity contribution in [3.63, 3.8) is 0 Å². The standard InChI is InChI=1S/C13H14O3/c14-5(15)2-13-10-4-1-3-6-7(4)11(13)9(6)12(16-13)8(3)10/h3-4,6-12H,1-2H2,(H,14,15)/t3-,4-,6+,7+,8+,9+,10+,11-,12-,13-/m0/s1. The molecule has 7 fully saturated rings. The van der Waals surface area contributed by atoms with E-state index in [9.17, 15) is 9.90 Å². The highest BCUT2D eigenvalue weighted by atomic mass is 16.5. The smallest absolute Gasteiger partial charge is 0.306 e. The topological polar surface area (TPSA) is 46.5 Å². The fourth-order valence-corrected chi connectivity index (χ4v) is 7.72. The molecule has 84 valence electrons. The summed E-state index contributed by atoms with van der Waals surface area (Å²) < 4.78 is 6.29. The molecule has 16 heavy (non-hydrogen) atoms. The van der Waals surface area contributed by atoms with E-state index in [0.717, 1.165) is 35.5 Å². The van der Waals surface area contributed by atoms with Crippen molar-refractivity contribution in [3.05, 3.63) is 0 Å². The molecule has 5 aliphatic carbocycles. The van der Waals surface area contributed by atoms with E-state index in [0.29, 0.717) is 17.9 Å². The van der Waals surface area contributed by atoms with E-state index in [1.807, 2.05) is 0 Å². The number of hydrogen-bond donors (Lipinski definition) is 1. The van der Waals surface area contributed by atoms with Gasteiger partial charge in [0.2, 0.25) is 0 Å². The largest absolute Gasteiger partial charge is 0.481 e. The Morgan fingerprint density at radius 3 is 2.88 bits per heavy atom. The average Bonchev–Trinajstić information content (AvgIpc) is 2.73. The number of carboxylic acid groups (broad SMARTS) is 1. The second-order valence-electron chi connectivity index (χ2n) is 7.03. The third kappa shape index (κ3) is 0.430. The Morgan fingerprint density at radius 2 is 2.06 bits per heavy atom. The van der Waals surface area contributed by atoms with E-state index >= 15 is 0 Å². The third-order valence-electron chi connectivity index (χ3n) is 7.29. The van der Waals surface area contributed by atoms with E-state index in [-0.39, 0.29) is 12.0 Å². The predicted molar refractivity (Wildman–Crippen MR) is 52.4 cm³/mol. The molecule has 0 aromatic heterocycles. The van der Waals surface area contributed by atoms with Crippen LogP contribution >= 0.6 is 0 Å². The lowest BCUT2D eigenvalue weighted by Gasteiger charge is -2.45. The van der Waals surface area contributed by atoms with E-state index in [4.69, 9.17) is 4.74 Å². The minimum atomic E-state index is -0.645. The van der Waals surface area contributed by atoms with Crippen LogP contribution in [0.15, 0.2) is 0 Å². The summed E-state index contributed by atoms with van der Waals surface area (Å²) in [7, 11) is 0. The van der Waals surface area contributed by atoms with Crippen LogP contribution in [0.2, 0.25) is 0 Å². The maximum Gasteiger partial charge on any atom is 0.306 e. The van der Waals surface area contributed by atoms with Gasteiger partial charge in [0.15, 0.2) is 0 Å². The molecule has 4 bridgehead atoms. The Kier molecular flexibility index (Phi) is 0.848. The van der Waals surface area contributed by atoms with Crippen LogP contribution < -0.4 is 0 Å². The number of ether oxygens (including phenoxy) is 1. The molecule has 0 radical (unpaired) electrons. The second kappa shape index (κ2) is 1.76. The number of carboxylic acids is 1. The Morgan fingerprint density at radius 1 is 1.19 bits per heavy atom. The van der Waals surface area contributed by atoms with Crippen molar-refractivity contribution in [1.82, 2.24) is 0 Å². The molecule has 10 atom stereocenters. The van der Waals surface area contributed by atoms with Crippen molar-refractivity contribution in [2.24, 2.45) is 47.3 Å². The highest BCUT2D eigenvalue weighted by molar-refractivity contribution is 5.69. The molecule has 3 nitrogen and oxygen atoms in total.